The Balaban J connectivity index is 1.47. The van der Waals surface area contributed by atoms with E-state index >= 15 is 0 Å². The number of anilines is 1. The Morgan fingerprint density at radius 3 is 2.68 bits per heavy atom. The van der Waals surface area contributed by atoms with Crippen LogP contribution in [-0.4, -0.2) is 37.1 Å². The van der Waals surface area contributed by atoms with Gasteiger partial charge in [-0.1, -0.05) is 40.2 Å². The van der Waals surface area contributed by atoms with Crippen LogP contribution < -0.4 is 5.32 Å². The number of allylic oxidation sites excluding steroid dienone is 2. The molecule has 0 aromatic heterocycles. The molecule has 0 unspecified atom stereocenters. The molecule has 28 heavy (non-hydrogen) atoms. The van der Waals surface area contributed by atoms with Gasteiger partial charge in [-0.3, -0.25) is 4.79 Å². The van der Waals surface area contributed by atoms with E-state index in [2.05, 4.69) is 69.8 Å². The summed E-state index contributed by atoms with van der Waals surface area (Å²) in [6, 6.07) is 15.0. The van der Waals surface area contributed by atoms with Crippen molar-refractivity contribution in [3.63, 3.8) is 0 Å². The number of rotatable bonds is 2. The summed E-state index contributed by atoms with van der Waals surface area (Å²) in [7, 11) is 0. The highest BCUT2D eigenvalue weighted by molar-refractivity contribution is 9.10. The van der Waals surface area contributed by atoms with Crippen LogP contribution in [0.1, 0.15) is 39.9 Å². The fraction of sp³-hybridized carbons (Fsp3) is 0.348. The van der Waals surface area contributed by atoms with Crippen molar-refractivity contribution in [2.75, 3.05) is 31.6 Å². The van der Waals surface area contributed by atoms with Gasteiger partial charge in [-0.25, -0.2) is 0 Å². The van der Waals surface area contributed by atoms with Gasteiger partial charge in [0.25, 0.3) is 5.91 Å². The van der Waals surface area contributed by atoms with E-state index in [-0.39, 0.29) is 11.9 Å². The minimum atomic E-state index is 0.111. The molecule has 1 N–H and O–H groups in total. The van der Waals surface area contributed by atoms with E-state index in [1.807, 2.05) is 11.0 Å². The van der Waals surface area contributed by atoms with Gasteiger partial charge in [0.15, 0.2) is 0 Å². The highest BCUT2D eigenvalue weighted by Gasteiger charge is 2.38. The fourth-order valence-corrected chi connectivity index (χ4v) is 4.94. The molecule has 0 saturated carbocycles. The molecule has 1 aliphatic carbocycles. The Morgan fingerprint density at radius 1 is 1.11 bits per heavy atom. The second-order valence-electron chi connectivity index (χ2n) is 7.73. The van der Waals surface area contributed by atoms with Crippen molar-refractivity contribution >= 4 is 27.5 Å². The molecule has 2 heterocycles. The molecular formula is C23H23BrN2O2. The van der Waals surface area contributed by atoms with Crippen molar-refractivity contribution in [1.29, 1.82) is 0 Å². The Hall–Kier alpha value is -2.11. The van der Waals surface area contributed by atoms with Gasteiger partial charge in [-0.15, -0.1) is 0 Å². The quantitative estimate of drug-likeness (QED) is 0.687. The number of fused-ring (bicyclic) bond motifs is 3. The lowest BCUT2D eigenvalue weighted by atomic mass is 9.76. The van der Waals surface area contributed by atoms with Crippen LogP contribution in [0.3, 0.4) is 0 Å². The molecule has 4 nitrogen and oxygen atoms in total. The Bertz CT molecular complexity index is 919. The second kappa shape index (κ2) is 7.37. The van der Waals surface area contributed by atoms with E-state index in [9.17, 15) is 4.79 Å². The highest BCUT2D eigenvalue weighted by atomic mass is 79.9. The fourth-order valence-electron chi connectivity index (χ4n) is 4.68. The maximum absolute atomic E-state index is 12.9. The zero-order valence-electron chi connectivity index (χ0n) is 15.6. The number of nitrogens with one attached hydrogen (secondary N) is 1. The van der Waals surface area contributed by atoms with Crippen LogP contribution in [0.4, 0.5) is 5.69 Å². The SMILES string of the molecule is O=C(c1ccc2c(c1)[C@@H]1C=CC[C@@H]1[C@H](c1ccc(Br)cc1)N2)N1CCOCC1. The molecular weight excluding hydrogens is 416 g/mol. The Labute approximate surface area is 173 Å². The van der Waals surface area contributed by atoms with Crippen LogP contribution in [0.2, 0.25) is 0 Å². The molecule has 0 radical (unpaired) electrons. The van der Waals surface area contributed by atoms with E-state index in [1.54, 1.807) is 0 Å². The first-order valence-electron chi connectivity index (χ1n) is 9.90. The minimum absolute atomic E-state index is 0.111. The molecule has 3 atom stereocenters. The molecule has 1 amide bonds. The predicted octanol–water partition coefficient (Wildman–Crippen LogP) is 4.75. The summed E-state index contributed by atoms with van der Waals surface area (Å²) < 4.78 is 6.48. The molecule has 5 rings (SSSR count). The van der Waals surface area contributed by atoms with Gasteiger partial charge in [0.2, 0.25) is 0 Å². The van der Waals surface area contributed by atoms with Crippen molar-refractivity contribution in [3.05, 3.63) is 75.8 Å². The van der Waals surface area contributed by atoms with E-state index in [0.717, 1.165) is 22.1 Å². The van der Waals surface area contributed by atoms with Gasteiger partial charge in [0, 0.05) is 34.7 Å². The first-order chi connectivity index (χ1) is 13.7. The lowest BCUT2D eigenvalue weighted by Crippen LogP contribution is -2.40. The number of carbonyl (C=O) groups excluding carboxylic acids is 1. The number of hydrogen-bond donors (Lipinski definition) is 1. The van der Waals surface area contributed by atoms with Gasteiger partial charge in [-0.2, -0.15) is 0 Å². The van der Waals surface area contributed by atoms with Gasteiger partial charge in [-0.05, 0) is 53.8 Å². The second-order valence-corrected chi connectivity index (χ2v) is 8.65. The molecule has 5 heteroatoms. The number of halogens is 1. The average Bonchev–Trinajstić information content (AvgIpc) is 3.24. The third kappa shape index (κ3) is 3.16. The zero-order valence-corrected chi connectivity index (χ0v) is 17.2. The first-order valence-corrected chi connectivity index (χ1v) is 10.7. The van der Waals surface area contributed by atoms with Crippen molar-refractivity contribution in [2.24, 2.45) is 5.92 Å². The minimum Gasteiger partial charge on any atom is -0.378 e. The van der Waals surface area contributed by atoms with E-state index in [1.165, 1.54) is 11.1 Å². The summed E-state index contributed by atoms with van der Waals surface area (Å²) in [5, 5.41) is 3.75. The van der Waals surface area contributed by atoms with Crippen molar-refractivity contribution in [3.8, 4) is 0 Å². The zero-order chi connectivity index (χ0) is 19.1. The summed E-state index contributed by atoms with van der Waals surface area (Å²) in [6.07, 6.45) is 5.66. The molecule has 1 saturated heterocycles. The summed E-state index contributed by atoms with van der Waals surface area (Å²) in [6.45, 7) is 2.60. The highest BCUT2D eigenvalue weighted by Crippen LogP contribution is 2.50. The van der Waals surface area contributed by atoms with Gasteiger partial charge < -0.3 is 15.0 Å². The summed E-state index contributed by atoms with van der Waals surface area (Å²) in [4.78, 5) is 14.8. The van der Waals surface area contributed by atoms with Gasteiger partial charge in [0.1, 0.15) is 0 Å². The number of ether oxygens (including phenoxy) is 1. The molecule has 0 spiro atoms. The van der Waals surface area contributed by atoms with Crippen molar-refractivity contribution < 1.29 is 9.53 Å². The third-order valence-corrected chi connectivity index (χ3v) is 6.67. The standard InChI is InChI=1S/C23H23BrN2O2/c24-17-7-4-15(5-8-17)22-19-3-1-2-18(19)20-14-16(6-9-21(20)25-22)23(27)26-10-12-28-13-11-26/h1-2,4-9,14,18-19,22,25H,3,10-13H2/t18-,19+,22+/m1/s1. The normalized spacial score (nSPS) is 25.8. The van der Waals surface area contributed by atoms with Gasteiger partial charge in [0.05, 0.1) is 19.3 Å². The van der Waals surface area contributed by atoms with Crippen LogP contribution in [0.25, 0.3) is 0 Å². The van der Waals surface area contributed by atoms with Crippen LogP contribution in [0.15, 0.2) is 59.1 Å². The van der Waals surface area contributed by atoms with Crippen LogP contribution in [0.5, 0.6) is 0 Å². The largest absolute Gasteiger partial charge is 0.378 e. The molecule has 0 bridgehead atoms. The molecule has 2 aliphatic heterocycles. The molecule has 2 aromatic carbocycles. The average molecular weight is 439 g/mol. The first kappa shape index (κ1) is 18.0. The van der Waals surface area contributed by atoms with Crippen LogP contribution in [0, 0.1) is 5.92 Å². The summed E-state index contributed by atoms with van der Waals surface area (Å²) in [5.41, 5.74) is 4.47. The topological polar surface area (TPSA) is 41.6 Å². The summed E-state index contributed by atoms with van der Waals surface area (Å²) >= 11 is 3.53. The number of carbonyl (C=O) groups is 1. The Kier molecular flexibility index (Phi) is 4.73. The number of nitrogens with zero attached hydrogens (tertiary/aromatic N) is 1. The number of benzene rings is 2. The van der Waals surface area contributed by atoms with E-state index in [4.69, 9.17) is 4.74 Å². The molecule has 1 fully saturated rings. The van der Waals surface area contributed by atoms with Crippen LogP contribution >= 0.6 is 15.9 Å². The third-order valence-electron chi connectivity index (χ3n) is 6.14. The Morgan fingerprint density at radius 2 is 1.89 bits per heavy atom. The summed E-state index contributed by atoms with van der Waals surface area (Å²) in [5.74, 6) is 0.935. The van der Waals surface area contributed by atoms with Crippen LogP contribution in [-0.2, 0) is 4.74 Å². The number of hydrogen-bond acceptors (Lipinski definition) is 3. The number of amides is 1. The smallest absolute Gasteiger partial charge is 0.254 e. The lowest BCUT2D eigenvalue weighted by molar-refractivity contribution is 0.0303. The van der Waals surface area contributed by atoms with Crippen molar-refractivity contribution in [2.45, 2.75) is 18.4 Å². The maximum atomic E-state index is 12.9. The molecule has 2 aromatic rings. The molecule has 3 aliphatic rings. The lowest BCUT2D eigenvalue weighted by Gasteiger charge is -2.38. The number of morpholine rings is 1. The van der Waals surface area contributed by atoms with Gasteiger partial charge >= 0.3 is 0 Å². The maximum Gasteiger partial charge on any atom is 0.254 e. The molecule has 144 valence electrons. The van der Waals surface area contributed by atoms with E-state index < -0.39 is 0 Å². The predicted molar refractivity (Wildman–Crippen MR) is 114 cm³/mol. The van der Waals surface area contributed by atoms with Crippen molar-refractivity contribution in [1.82, 2.24) is 4.90 Å². The van der Waals surface area contributed by atoms with E-state index in [0.29, 0.717) is 38.1 Å². The monoisotopic (exact) mass is 438 g/mol.